The molecule has 0 saturated heterocycles. The van der Waals surface area contributed by atoms with E-state index in [2.05, 4.69) is 0 Å². The maximum absolute atomic E-state index is 12.4. The third kappa shape index (κ3) is 3.82. The fraction of sp³-hybridized carbons (Fsp3) is 0.278. The Morgan fingerprint density at radius 3 is 2.27 bits per heavy atom. The molecule has 0 bridgehead atoms. The highest BCUT2D eigenvalue weighted by Gasteiger charge is 2.25. The molecule has 0 aromatic heterocycles. The van der Waals surface area contributed by atoms with Gasteiger partial charge in [0.25, 0.3) is 0 Å². The Labute approximate surface area is 141 Å². The van der Waals surface area contributed by atoms with E-state index < -0.39 is 5.41 Å². The highest BCUT2D eigenvalue weighted by atomic mass is 35.5. The molecule has 2 rings (SSSR count). The van der Waals surface area contributed by atoms with Crippen LogP contribution < -0.4 is 4.74 Å². The van der Waals surface area contributed by atoms with E-state index in [-0.39, 0.29) is 5.78 Å². The topological polar surface area (TPSA) is 26.3 Å². The number of aryl methyl sites for hydroxylation is 1. The summed E-state index contributed by atoms with van der Waals surface area (Å²) >= 11 is 12.3. The van der Waals surface area contributed by atoms with E-state index in [1.807, 2.05) is 39.8 Å². The van der Waals surface area contributed by atoms with Crippen LogP contribution in [0.1, 0.15) is 36.7 Å². The number of carbonyl (C=O) groups excluding carboxylic acids is 1. The normalized spacial score (nSPS) is 11.4. The molecule has 2 aromatic carbocycles. The quantitative estimate of drug-likeness (QED) is 0.612. The number of halogens is 2. The molecule has 0 aliphatic carbocycles. The molecule has 22 heavy (non-hydrogen) atoms. The fourth-order valence-corrected chi connectivity index (χ4v) is 2.44. The lowest BCUT2D eigenvalue weighted by Gasteiger charge is -2.18. The summed E-state index contributed by atoms with van der Waals surface area (Å²) in [4.78, 5) is 12.4. The molecule has 0 unspecified atom stereocenters. The molecule has 0 fully saturated rings. The summed E-state index contributed by atoms with van der Waals surface area (Å²) in [6.07, 6.45) is 0. The van der Waals surface area contributed by atoms with Crippen LogP contribution >= 0.6 is 23.2 Å². The zero-order valence-electron chi connectivity index (χ0n) is 13.0. The van der Waals surface area contributed by atoms with Gasteiger partial charge < -0.3 is 4.74 Å². The van der Waals surface area contributed by atoms with Crippen molar-refractivity contribution >= 4 is 29.0 Å². The maximum atomic E-state index is 12.4. The van der Waals surface area contributed by atoms with Crippen LogP contribution in [0.4, 0.5) is 0 Å². The van der Waals surface area contributed by atoms with E-state index in [4.69, 9.17) is 27.9 Å². The molecule has 0 heterocycles. The van der Waals surface area contributed by atoms with Gasteiger partial charge in [-0.15, -0.1) is 0 Å². The van der Waals surface area contributed by atoms with Gasteiger partial charge in [-0.1, -0.05) is 50.0 Å². The molecular formula is C18H18Cl2O2. The minimum absolute atomic E-state index is 0.0297. The first-order valence-electron chi connectivity index (χ1n) is 6.97. The second-order valence-corrected chi connectivity index (χ2v) is 7.07. The monoisotopic (exact) mass is 336 g/mol. The first-order chi connectivity index (χ1) is 10.2. The van der Waals surface area contributed by atoms with Crippen molar-refractivity contribution in [3.8, 4) is 11.5 Å². The summed E-state index contributed by atoms with van der Waals surface area (Å²) < 4.78 is 5.78. The Hall–Kier alpha value is -1.51. The predicted molar refractivity (Wildman–Crippen MR) is 91.5 cm³/mol. The van der Waals surface area contributed by atoms with Crippen molar-refractivity contribution in [3.05, 3.63) is 57.6 Å². The minimum atomic E-state index is -0.510. The molecule has 0 atom stereocenters. The molecule has 116 valence electrons. The van der Waals surface area contributed by atoms with Crippen LogP contribution in [-0.4, -0.2) is 5.78 Å². The van der Waals surface area contributed by atoms with E-state index in [0.717, 1.165) is 5.56 Å². The molecule has 0 spiro atoms. The largest absolute Gasteiger partial charge is 0.456 e. The van der Waals surface area contributed by atoms with Gasteiger partial charge in [-0.25, -0.2) is 0 Å². The van der Waals surface area contributed by atoms with Gasteiger partial charge in [0.15, 0.2) is 5.78 Å². The van der Waals surface area contributed by atoms with E-state index in [1.165, 1.54) is 0 Å². The maximum Gasteiger partial charge on any atom is 0.169 e. The third-order valence-electron chi connectivity index (χ3n) is 3.18. The lowest BCUT2D eigenvalue weighted by Crippen LogP contribution is -2.20. The zero-order chi connectivity index (χ0) is 16.5. The number of hydrogen-bond donors (Lipinski definition) is 0. The van der Waals surface area contributed by atoms with Gasteiger partial charge in [-0.05, 0) is 42.8 Å². The SMILES string of the molecule is Cc1ccc(Oc2ccc(Cl)c(C(=O)C(C)(C)C)c2)c(Cl)c1. The molecule has 2 nitrogen and oxygen atoms in total. The molecular weight excluding hydrogens is 319 g/mol. The second-order valence-electron chi connectivity index (χ2n) is 6.26. The van der Waals surface area contributed by atoms with E-state index in [1.54, 1.807) is 24.3 Å². The molecule has 0 saturated carbocycles. The van der Waals surface area contributed by atoms with Gasteiger partial charge in [0.1, 0.15) is 11.5 Å². The van der Waals surface area contributed by atoms with Gasteiger partial charge in [0.2, 0.25) is 0 Å². The Balaban J connectivity index is 2.36. The first-order valence-corrected chi connectivity index (χ1v) is 7.72. The lowest BCUT2D eigenvalue weighted by molar-refractivity contribution is 0.0858. The number of hydrogen-bond acceptors (Lipinski definition) is 2. The molecule has 2 aromatic rings. The van der Waals surface area contributed by atoms with Gasteiger partial charge in [0.05, 0.1) is 10.0 Å². The number of carbonyl (C=O) groups is 1. The minimum Gasteiger partial charge on any atom is -0.456 e. The van der Waals surface area contributed by atoms with Crippen molar-refractivity contribution in [1.29, 1.82) is 0 Å². The van der Waals surface area contributed by atoms with E-state index in [0.29, 0.717) is 27.1 Å². The average Bonchev–Trinajstić information content (AvgIpc) is 2.42. The first kappa shape index (κ1) is 16.9. The van der Waals surface area contributed by atoms with Crippen LogP contribution in [0, 0.1) is 12.3 Å². The number of rotatable bonds is 3. The summed E-state index contributed by atoms with van der Waals surface area (Å²) in [7, 11) is 0. The standard InChI is InChI=1S/C18H18Cl2O2/c1-11-5-8-16(15(20)9-11)22-12-6-7-14(19)13(10-12)17(21)18(2,3)4/h5-10H,1-4H3. The molecule has 0 aliphatic heterocycles. The van der Waals surface area contributed by atoms with Gasteiger partial charge >= 0.3 is 0 Å². The Morgan fingerprint density at radius 2 is 1.68 bits per heavy atom. The van der Waals surface area contributed by atoms with Gasteiger partial charge in [0, 0.05) is 11.0 Å². The van der Waals surface area contributed by atoms with Crippen molar-refractivity contribution < 1.29 is 9.53 Å². The zero-order valence-corrected chi connectivity index (χ0v) is 14.5. The van der Waals surface area contributed by atoms with Crippen molar-refractivity contribution in [2.75, 3.05) is 0 Å². The summed E-state index contributed by atoms with van der Waals surface area (Å²) in [5.41, 5.74) is 0.996. The van der Waals surface area contributed by atoms with Crippen molar-refractivity contribution in [2.24, 2.45) is 5.41 Å². The average molecular weight is 337 g/mol. The molecule has 0 N–H and O–H groups in total. The Kier molecular flexibility index (Phi) is 4.84. The number of ether oxygens (including phenoxy) is 1. The number of benzene rings is 2. The van der Waals surface area contributed by atoms with Crippen LogP contribution in [-0.2, 0) is 0 Å². The summed E-state index contributed by atoms with van der Waals surface area (Å²) in [6, 6.07) is 10.6. The van der Waals surface area contributed by atoms with Crippen molar-refractivity contribution in [1.82, 2.24) is 0 Å². The number of Topliss-reactive ketones (excluding diaryl/α,β-unsaturated/α-hetero) is 1. The molecule has 0 radical (unpaired) electrons. The molecule has 0 amide bonds. The molecule has 0 aliphatic rings. The van der Waals surface area contributed by atoms with Crippen LogP contribution in [0.15, 0.2) is 36.4 Å². The Morgan fingerprint density at radius 1 is 1.00 bits per heavy atom. The van der Waals surface area contributed by atoms with Crippen LogP contribution in [0.25, 0.3) is 0 Å². The third-order valence-corrected chi connectivity index (χ3v) is 3.80. The van der Waals surface area contributed by atoms with Crippen LogP contribution in [0.3, 0.4) is 0 Å². The van der Waals surface area contributed by atoms with Gasteiger partial charge in [-0.2, -0.15) is 0 Å². The molecule has 4 heteroatoms. The van der Waals surface area contributed by atoms with Crippen LogP contribution in [0.5, 0.6) is 11.5 Å². The van der Waals surface area contributed by atoms with E-state index >= 15 is 0 Å². The Bertz CT molecular complexity index is 716. The predicted octanol–water partition coefficient (Wildman–Crippen LogP) is 6.32. The second kappa shape index (κ2) is 6.31. The summed E-state index contributed by atoms with van der Waals surface area (Å²) in [5.74, 6) is 1.05. The van der Waals surface area contributed by atoms with Crippen molar-refractivity contribution in [3.63, 3.8) is 0 Å². The highest BCUT2D eigenvalue weighted by Crippen LogP contribution is 2.33. The highest BCUT2D eigenvalue weighted by molar-refractivity contribution is 6.34. The van der Waals surface area contributed by atoms with Gasteiger partial charge in [-0.3, -0.25) is 4.79 Å². The number of ketones is 1. The van der Waals surface area contributed by atoms with E-state index in [9.17, 15) is 4.79 Å². The fourth-order valence-electron chi connectivity index (χ4n) is 1.96. The lowest BCUT2D eigenvalue weighted by atomic mass is 9.86. The van der Waals surface area contributed by atoms with Crippen molar-refractivity contribution in [2.45, 2.75) is 27.7 Å². The summed E-state index contributed by atoms with van der Waals surface area (Å²) in [6.45, 7) is 7.53. The smallest absolute Gasteiger partial charge is 0.169 e. The summed E-state index contributed by atoms with van der Waals surface area (Å²) in [5, 5.41) is 0.945. The van der Waals surface area contributed by atoms with Crippen LogP contribution in [0.2, 0.25) is 10.0 Å².